The normalized spacial score (nSPS) is 9.86. The fraction of sp³-hybridized carbons (Fsp3) is 0.300. The number of carbonyl (C=O) groups excluding carboxylic acids is 1. The lowest BCUT2D eigenvalue weighted by molar-refractivity contribution is 0.255. The summed E-state index contributed by atoms with van der Waals surface area (Å²) in [7, 11) is 1.66. The van der Waals surface area contributed by atoms with Crippen LogP contribution in [0.2, 0.25) is 0 Å². The predicted molar refractivity (Wildman–Crippen MR) is 60.8 cm³/mol. The van der Waals surface area contributed by atoms with Gasteiger partial charge in [0, 0.05) is 17.6 Å². The Bertz CT molecular complexity index is 310. The molecule has 0 aliphatic heterocycles. The Balaban J connectivity index is 2.77. The summed E-state index contributed by atoms with van der Waals surface area (Å²) in [4.78, 5) is 13.5. The second-order valence-corrected chi connectivity index (χ2v) is 4.16. The third-order valence-corrected chi connectivity index (χ3v) is 2.76. The van der Waals surface area contributed by atoms with Crippen molar-refractivity contribution in [1.29, 1.82) is 0 Å². The number of urea groups is 1. The zero-order valence-electron chi connectivity index (χ0n) is 8.36. The van der Waals surface area contributed by atoms with E-state index in [4.69, 9.17) is 5.73 Å². The van der Waals surface area contributed by atoms with Gasteiger partial charge in [0.1, 0.15) is 0 Å². The number of anilines is 1. The van der Waals surface area contributed by atoms with Gasteiger partial charge in [-0.2, -0.15) is 0 Å². The molecule has 76 valence electrons. The fourth-order valence-electron chi connectivity index (χ4n) is 1.06. The van der Waals surface area contributed by atoms with Gasteiger partial charge < -0.3 is 5.73 Å². The van der Waals surface area contributed by atoms with Crippen LogP contribution in [0.25, 0.3) is 0 Å². The van der Waals surface area contributed by atoms with Crippen LogP contribution < -0.4 is 10.6 Å². The first-order valence-corrected chi connectivity index (χ1v) is 5.39. The summed E-state index contributed by atoms with van der Waals surface area (Å²) in [6, 6.07) is 7.32. The van der Waals surface area contributed by atoms with Crippen molar-refractivity contribution in [1.82, 2.24) is 0 Å². The molecule has 0 aromatic heterocycles. The Morgan fingerprint density at radius 1 is 1.43 bits per heavy atom. The van der Waals surface area contributed by atoms with Crippen molar-refractivity contribution in [2.24, 2.45) is 5.73 Å². The van der Waals surface area contributed by atoms with Crippen molar-refractivity contribution in [3.63, 3.8) is 0 Å². The first kappa shape index (κ1) is 10.9. The number of primary amides is 1. The summed E-state index contributed by atoms with van der Waals surface area (Å²) in [5, 5.41) is 0. The molecule has 1 aromatic carbocycles. The molecule has 0 radical (unpaired) electrons. The Labute approximate surface area is 88.3 Å². The van der Waals surface area contributed by atoms with Gasteiger partial charge in [-0.05, 0) is 30.0 Å². The highest BCUT2D eigenvalue weighted by atomic mass is 32.2. The topological polar surface area (TPSA) is 46.3 Å². The molecule has 1 rings (SSSR count). The van der Waals surface area contributed by atoms with Gasteiger partial charge in [0.15, 0.2) is 0 Å². The number of rotatable bonds is 3. The van der Waals surface area contributed by atoms with Gasteiger partial charge in [-0.15, -0.1) is 11.8 Å². The zero-order chi connectivity index (χ0) is 10.6. The van der Waals surface area contributed by atoms with Gasteiger partial charge in [-0.1, -0.05) is 6.92 Å². The molecule has 4 heteroatoms. The standard InChI is InChI=1S/C10H14N2OS/c1-3-14-9-6-4-8(5-7-9)12(2)10(11)13/h4-7H,3H2,1-2H3,(H2,11,13). The van der Waals surface area contributed by atoms with Crippen LogP contribution in [0.15, 0.2) is 29.2 Å². The minimum absolute atomic E-state index is 0.444. The monoisotopic (exact) mass is 210 g/mol. The van der Waals surface area contributed by atoms with Gasteiger partial charge in [0.05, 0.1) is 0 Å². The smallest absolute Gasteiger partial charge is 0.318 e. The van der Waals surface area contributed by atoms with Crippen molar-refractivity contribution >= 4 is 23.5 Å². The number of nitrogens with two attached hydrogens (primary N) is 1. The van der Waals surface area contributed by atoms with Crippen LogP contribution in [-0.2, 0) is 0 Å². The molecule has 0 unspecified atom stereocenters. The van der Waals surface area contributed by atoms with E-state index in [1.165, 1.54) is 9.80 Å². The van der Waals surface area contributed by atoms with Crippen LogP contribution >= 0.6 is 11.8 Å². The van der Waals surface area contributed by atoms with Crippen molar-refractivity contribution in [3.05, 3.63) is 24.3 Å². The number of nitrogens with zero attached hydrogens (tertiary/aromatic N) is 1. The molecule has 0 heterocycles. The summed E-state index contributed by atoms with van der Waals surface area (Å²) in [6.07, 6.45) is 0. The van der Waals surface area contributed by atoms with E-state index >= 15 is 0 Å². The van der Waals surface area contributed by atoms with Crippen molar-refractivity contribution in [3.8, 4) is 0 Å². The Morgan fingerprint density at radius 2 is 2.00 bits per heavy atom. The molecule has 2 amide bonds. The number of thioether (sulfide) groups is 1. The molecule has 2 N–H and O–H groups in total. The Hall–Kier alpha value is -1.16. The van der Waals surface area contributed by atoms with Crippen LogP contribution in [0, 0.1) is 0 Å². The molecule has 0 bridgehead atoms. The molecule has 3 nitrogen and oxygen atoms in total. The summed E-state index contributed by atoms with van der Waals surface area (Å²) in [6.45, 7) is 2.11. The van der Waals surface area contributed by atoms with Crippen LogP contribution in [0.5, 0.6) is 0 Å². The number of carbonyl (C=O) groups is 1. The number of hydrogen-bond donors (Lipinski definition) is 1. The highest BCUT2D eigenvalue weighted by Gasteiger charge is 2.05. The molecule has 14 heavy (non-hydrogen) atoms. The molecule has 0 aliphatic rings. The molecule has 1 aromatic rings. The lowest BCUT2D eigenvalue weighted by Gasteiger charge is -2.14. The average molecular weight is 210 g/mol. The predicted octanol–water partition coefficient (Wildman–Crippen LogP) is 2.31. The molecule has 0 aliphatic carbocycles. The third kappa shape index (κ3) is 2.67. The van der Waals surface area contributed by atoms with E-state index in [2.05, 4.69) is 6.92 Å². The van der Waals surface area contributed by atoms with Crippen molar-refractivity contribution in [2.45, 2.75) is 11.8 Å². The summed E-state index contributed by atoms with van der Waals surface area (Å²) < 4.78 is 0. The summed E-state index contributed by atoms with van der Waals surface area (Å²) in [5.74, 6) is 1.05. The SMILES string of the molecule is CCSc1ccc(N(C)C(N)=O)cc1. The number of benzene rings is 1. The third-order valence-electron chi connectivity index (χ3n) is 1.87. The lowest BCUT2D eigenvalue weighted by Crippen LogP contribution is -2.31. The maximum atomic E-state index is 10.9. The highest BCUT2D eigenvalue weighted by molar-refractivity contribution is 7.99. The quantitative estimate of drug-likeness (QED) is 0.778. The summed E-state index contributed by atoms with van der Waals surface area (Å²) in [5.41, 5.74) is 5.96. The zero-order valence-corrected chi connectivity index (χ0v) is 9.17. The molecule has 0 spiro atoms. The summed E-state index contributed by atoms with van der Waals surface area (Å²) >= 11 is 1.77. The van der Waals surface area contributed by atoms with E-state index in [-0.39, 0.29) is 0 Å². The van der Waals surface area contributed by atoms with Crippen LogP contribution in [0.1, 0.15) is 6.92 Å². The van der Waals surface area contributed by atoms with Gasteiger partial charge >= 0.3 is 6.03 Å². The van der Waals surface area contributed by atoms with E-state index in [1.807, 2.05) is 24.3 Å². The van der Waals surface area contributed by atoms with Crippen molar-refractivity contribution < 1.29 is 4.79 Å². The number of amides is 2. The van der Waals surface area contributed by atoms with E-state index in [0.717, 1.165) is 11.4 Å². The van der Waals surface area contributed by atoms with E-state index in [1.54, 1.807) is 18.8 Å². The second kappa shape index (κ2) is 4.91. The molecule has 0 fully saturated rings. The second-order valence-electron chi connectivity index (χ2n) is 2.82. The number of hydrogen-bond acceptors (Lipinski definition) is 2. The van der Waals surface area contributed by atoms with E-state index in [0.29, 0.717) is 0 Å². The largest absolute Gasteiger partial charge is 0.351 e. The minimum Gasteiger partial charge on any atom is -0.351 e. The molecular formula is C10H14N2OS. The van der Waals surface area contributed by atoms with Crippen LogP contribution in [0.4, 0.5) is 10.5 Å². The fourth-order valence-corrected chi connectivity index (χ4v) is 1.72. The molecule has 0 atom stereocenters. The molecular weight excluding hydrogens is 196 g/mol. The van der Waals surface area contributed by atoms with Gasteiger partial charge in [-0.3, -0.25) is 4.90 Å². The van der Waals surface area contributed by atoms with Gasteiger partial charge in [-0.25, -0.2) is 4.79 Å². The van der Waals surface area contributed by atoms with Gasteiger partial charge in [0.2, 0.25) is 0 Å². The Kier molecular flexibility index (Phi) is 3.83. The van der Waals surface area contributed by atoms with E-state index < -0.39 is 6.03 Å². The van der Waals surface area contributed by atoms with E-state index in [9.17, 15) is 4.79 Å². The Morgan fingerprint density at radius 3 is 2.43 bits per heavy atom. The van der Waals surface area contributed by atoms with Crippen molar-refractivity contribution in [2.75, 3.05) is 17.7 Å². The maximum Gasteiger partial charge on any atom is 0.318 e. The highest BCUT2D eigenvalue weighted by Crippen LogP contribution is 2.21. The molecule has 0 saturated carbocycles. The average Bonchev–Trinajstić information content (AvgIpc) is 2.18. The van der Waals surface area contributed by atoms with Gasteiger partial charge in [0.25, 0.3) is 0 Å². The first-order valence-electron chi connectivity index (χ1n) is 4.41. The maximum absolute atomic E-state index is 10.9. The minimum atomic E-state index is -0.444. The molecule has 0 saturated heterocycles. The van der Waals surface area contributed by atoms with Crippen LogP contribution in [0.3, 0.4) is 0 Å². The van der Waals surface area contributed by atoms with Crippen LogP contribution in [-0.4, -0.2) is 18.8 Å². The lowest BCUT2D eigenvalue weighted by atomic mass is 10.3. The first-order chi connectivity index (χ1) is 6.65.